The fraction of sp³-hybridized carbons (Fsp3) is 0.129. The number of fused-ring (bicyclic) bond motifs is 1. The van der Waals surface area contributed by atoms with Crippen LogP contribution in [0.1, 0.15) is 22.3 Å². The molecule has 0 atom stereocenters. The lowest BCUT2D eigenvalue weighted by molar-refractivity contribution is -0.504. The van der Waals surface area contributed by atoms with Crippen molar-refractivity contribution in [3.8, 4) is 34.6 Å². The van der Waals surface area contributed by atoms with Crippen LogP contribution >= 0.6 is 0 Å². The number of nitriles is 1. The van der Waals surface area contributed by atoms with E-state index in [1.807, 2.05) is 59.1 Å². The van der Waals surface area contributed by atoms with Gasteiger partial charge in [0.15, 0.2) is 11.5 Å². The number of ether oxygens (including phenoxy) is 2. The minimum Gasteiger partial charge on any atom is -0.872 e. The first-order valence-electron chi connectivity index (χ1n) is 12.1. The van der Waals surface area contributed by atoms with Crippen molar-refractivity contribution >= 4 is 5.65 Å². The van der Waals surface area contributed by atoms with E-state index in [1.165, 1.54) is 6.07 Å². The molecule has 0 saturated heterocycles. The second-order valence-corrected chi connectivity index (χ2v) is 8.83. The molecule has 38 heavy (non-hydrogen) atoms. The summed E-state index contributed by atoms with van der Waals surface area (Å²) in [5.74, 6) is 0.924. The highest BCUT2D eigenvalue weighted by Gasteiger charge is 2.23. The number of hydrogen-bond donors (Lipinski definition) is 0. The van der Waals surface area contributed by atoms with Crippen LogP contribution in [0.2, 0.25) is 0 Å². The van der Waals surface area contributed by atoms with Gasteiger partial charge in [0.2, 0.25) is 0 Å². The molecule has 0 saturated carbocycles. The molecule has 0 unspecified atom stereocenters. The molecule has 3 aromatic carbocycles. The van der Waals surface area contributed by atoms with Gasteiger partial charge >= 0.3 is 5.56 Å². The average molecular weight is 504 g/mol. The molecule has 0 amide bonds. The van der Waals surface area contributed by atoms with Crippen LogP contribution in [0.25, 0.3) is 16.9 Å². The number of methoxy groups -OCH3 is 1. The first-order valence-corrected chi connectivity index (χ1v) is 12.1. The Balaban J connectivity index is 1.51. The summed E-state index contributed by atoms with van der Waals surface area (Å²) in [5, 5.41) is 22.0. The zero-order valence-electron chi connectivity index (χ0n) is 21.0. The Morgan fingerprint density at radius 2 is 1.74 bits per heavy atom. The minimum absolute atomic E-state index is 0.136. The van der Waals surface area contributed by atoms with Crippen molar-refractivity contribution in [2.75, 3.05) is 7.11 Å². The van der Waals surface area contributed by atoms with Gasteiger partial charge in [0.1, 0.15) is 18.8 Å². The zero-order valence-corrected chi connectivity index (χ0v) is 21.0. The van der Waals surface area contributed by atoms with Gasteiger partial charge in [0, 0.05) is 17.2 Å². The molecular weight excluding hydrogens is 478 g/mol. The van der Waals surface area contributed by atoms with Crippen molar-refractivity contribution in [3.05, 3.63) is 124 Å². The lowest BCUT2D eigenvalue weighted by Gasteiger charge is -2.16. The molecule has 7 heteroatoms. The van der Waals surface area contributed by atoms with Crippen LogP contribution in [0, 0.1) is 18.3 Å². The van der Waals surface area contributed by atoms with Gasteiger partial charge in [-0.05, 0) is 36.8 Å². The topological polar surface area (TPSA) is 91.4 Å². The predicted octanol–water partition coefficient (Wildman–Crippen LogP) is 4.14. The highest BCUT2D eigenvalue weighted by molar-refractivity contribution is 5.67. The number of pyridine rings is 1. The van der Waals surface area contributed by atoms with E-state index in [4.69, 9.17) is 9.47 Å². The van der Waals surface area contributed by atoms with Crippen LogP contribution in [-0.2, 0) is 13.2 Å². The van der Waals surface area contributed by atoms with Crippen LogP contribution in [-0.4, -0.2) is 11.7 Å². The van der Waals surface area contributed by atoms with E-state index in [0.29, 0.717) is 46.1 Å². The molecule has 0 aliphatic carbocycles. The van der Waals surface area contributed by atoms with Crippen molar-refractivity contribution in [3.63, 3.8) is 0 Å². The van der Waals surface area contributed by atoms with E-state index in [-0.39, 0.29) is 17.9 Å². The molecule has 2 heterocycles. The van der Waals surface area contributed by atoms with Gasteiger partial charge in [-0.15, -0.1) is 0 Å². The molecule has 0 radical (unpaired) electrons. The number of benzene rings is 3. The Morgan fingerprint density at radius 3 is 2.53 bits per heavy atom. The molecule has 188 valence electrons. The van der Waals surface area contributed by atoms with Gasteiger partial charge in [-0.3, -0.25) is 0 Å². The van der Waals surface area contributed by atoms with Gasteiger partial charge in [0.25, 0.3) is 5.65 Å². The monoisotopic (exact) mass is 503 g/mol. The summed E-state index contributed by atoms with van der Waals surface area (Å²) in [5.41, 5.74) is 4.23. The number of para-hydroxylation sites is 1. The lowest BCUT2D eigenvalue weighted by Crippen LogP contribution is -2.38. The molecule has 5 aromatic rings. The number of hydrogen-bond acceptors (Lipinski definition) is 5. The minimum atomic E-state index is -0.179. The maximum atomic E-state index is 13.6. The summed E-state index contributed by atoms with van der Waals surface area (Å²) >= 11 is 0. The van der Waals surface area contributed by atoms with Crippen LogP contribution in [0.4, 0.5) is 0 Å². The van der Waals surface area contributed by atoms with E-state index in [0.717, 1.165) is 11.1 Å². The lowest BCUT2D eigenvalue weighted by atomic mass is 10.1. The molecule has 0 bridgehead atoms. The average Bonchev–Trinajstić information content (AvgIpc) is 2.95. The van der Waals surface area contributed by atoms with Crippen molar-refractivity contribution < 1.29 is 19.0 Å². The van der Waals surface area contributed by atoms with E-state index in [9.17, 15) is 15.2 Å². The number of nitrogens with zero attached hydrogens (tertiary/aromatic N) is 3. The third-order valence-electron chi connectivity index (χ3n) is 6.51. The Bertz CT molecular complexity index is 1750. The maximum absolute atomic E-state index is 13.6. The van der Waals surface area contributed by atoms with Gasteiger partial charge in [-0.1, -0.05) is 60.3 Å². The highest BCUT2D eigenvalue weighted by atomic mass is 16.5. The Labute approximate surface area is 220 Å². The van der Waals surface area contributed by atoms with E-state index in [2.05, 4.69) is 6.07 Å². The quantitative estimate of drug-likeness (QED) is 0.311. The highest BCUT2D eigenvalue weighted by Crippen LogP contribution is 2.30. The summed E-state index contributed by atoms with van der Waals surface area (Å²) in [6.07, 6.45) is 1.86. The van der Waals surface area contributed by atoms with Gasteiger partial charge in [0.05, 0.1) is 30.5 Å². The fourth-order valence-electron chi connectivity index (χ4n) is 4.60. The zero-order chi connectivity index (χ0) is 26.6. The molecule has 7 nitrogen and oxygen atoms in total. The second kappa shape index (κ2) is 10.5. The van der Waals surface area contributed by atoms with Crippen LogP contribution in [0.15, 0.2) is 95.9 Å². The molecule has 0 aliphatic rings. The Morgan fingerprint density at radius 1 is 0.974 bits per heavy atom. The number of aromatic nitrogens is 2. The van der Waals surface area contributed by atoms with E-state index < -0.39 is 0 Å². The largest absolute Gasteiger partial charge is 0.872 e. The summed E-state index contributed by atoms with van der Waals surface area (Å²) in [4.78, 5) is 13.6. The summed E-state index contributed by atoms with van der Waals surface area (Å²) in [7, 11) is 1.56. The smallest absolute Gasteiger partial charge is 0.341 e. The summed E-state index contributed by atoms with van der Waals surface area (Å²) in [6, 6.07) is 27.3. The van der Waals surface area contributed by atoms with Gasteiger partial charge < -0.3 is 14.6 Å². The molecule has 0 fully saturated rings. The predicted molar refractivity (Wildman–Crippen MR) is 141 cm³/mol. The molecule has 5 rings (SSSR count). The molecule has 0 spiro atoms. The fourth-order valence-corrected chi connectivity index (χ4v) is 4.60. The van der Waals surface area contributed by atoms with Gasteiger partial charge in [-0.2, -0.15) is 14.2 Å². The number of rotatable bonds is 7. The first-order chi connectivity index (χ1) is 18.5. The maximum Gasteiger partial charge on any atom is 0.341 e. The summed E-state index contributed by atoms with van der Waals surface area (Å²) < 4.78 is 15.1. The molecule has 2 aromatic heterocycles. The molecule has 0 aliphatic heterocycles. The van der Waals surface area contributed by atoms with E-state index >= 15 is 0 Å². The van der Waals surface area contributed by atoms with Crippen LogP contribution in [0.5, 0.6) is 17.2 Å². The van der Waals surface area contributed by atoms with Crippen LogP contribution in [0.3, 0.4) is 0 Å². The normalized spacial score (nSPS) is 10.8. The molecular formula is C31H25N3O4. The third kappa shape index (κ3) is 4.56. The van der Waals surface area contributed by atoms with Crippen LogP contribution < -0.4 is 24.5 Å². The molecule has 0 N–H and O–H groups in total. The van der Waals surface area contributed by atoms with Crippen molar-refractivity contribution in [1.82, 2.24) is 4.57 Å². The van der Waals surface area contributed by atoms with Gasteiger partial charge in [-0.25, -0.2) is 4.79 Å². The standard InChI is InChI=1S/C31H25N3O4/c1-21-30(25-11-5-6-12-26(25)35)33-16-8-7-13-29(33)34(31(21)36)19-22-14-15-27(28(17-22)37-2)38-20-24-10-4-3-9-23(24)18-32/h3-17H,19-20H2,1-2H3. The Kier molecular flexibility index (Phi) is 6.79. The SMILES string of the molecule is COc1cc(Cn2c(=O)c(C)c(-c3ccccc3[O-])[n+]3ccccc23)ccc1OCc1ccccc1C#N. The second-order valence-electron chi connectivity index (χ2n) is 8.83. The third-order valence-corrected chi connectivity index (χ3v) is 6.51. The van der Waals surface area contributed by atoms with Crippen molar-refractivity contribution in [2.45, 2.75) is 20.1 Å². The Hall–Kier alpha value is -5.09. The summed E-state index contributed by atoms with van der Waals surface area (Å²) in [6.45, 7) is 2.26. The van der Waals surface area contributed by atoms with E-state index in [1.54, 1.807) is 48.9 Å². The first kappa shape index (κ1) is 24.6. The van der Waals surface area contributed by atoms with Crippen molar-refractivity contribution in [1.29, 1.82) is 5.26 Å². The van der Waals surface area contributed by atoms with Crippen molar-refractivity contribution in [2.24, 2.45) is 0 Å².